The number of nitrogens with zero attached hydrogens (tertiary/aromatic N) is 2. The van der Waals surface area contributed by atoms with E-state index in [1.165, 1.54) is 0 Å². The van der Waals surface area contributed by atoms with Crippen LogP contribution < -0.4 is 11.1 Å². The number of hydrogen-bond acceptors (Lipinski definition) is 3. The highest BCUT2D eigenvalue weighted by atomic mass is 16.2. The zero-order valence-corrected chi connectivity index (χ0v) is 11.7. The summed E-state index contributed by atoms with van der Waals surface area (Å²) in [5.41, 5.74) is 7.32. The second-order valence-electron chi connectivity index (χ2n) is 5.09. The first-order valence-electron chi connectivity index (χ1n) is 6.72. The molecule has 4 N–H and O–H groups in total. The number of piperazine rings is 1. The molecule has 0 bridgehead atoms. The van der Waals surface area contributed by atoms with Crippen LogP contribution in [0.2, 0.25) is 0 Å². The maximum atomic E-state index is 12.1. The van der Waals surface area contributed by atoms with Crippen molar-refractivity contribution in [2.24, 2.45) is 5.73 Å². The Kier molecular flexibility index (Phi) is 4.57. The van der Waals surface area contributed by atoms with Gasteiger partial charge in [-0.1, -0.05) is 12.1 Å². The zero-order valence-electron chi connectivity index (χ0n) is 11.7. The number of rotatable bonds is 3. The SMILES string of the molecule is Cc1cccc(NC(=O)N2CCN(CC(=N)N)CC2)c1. The Morgan fingerprint density at radius 1 is 1.35 bits per heavy atom. The molecule has 0 radical (unpaired) electrons. The molecule has 2 rings (SSSR count). The van der Waals surface area contributed by atoms with Crippen molar-refractivity contribution in [2.45, 2.75) is 6.92 Å². The van der Waals surface area contributed by atoms with Gasteiger partial charge in [-0.15, -0.1) is 0 Å². The van der Waals surface area contributed by atoms with E-state index in [4.69, 9.17) is 11.1 Å². The predicted octanol–water partition coefficient (Wildman–Crippen LogP) is 1.08. The molecule has 108 valence electrons. The van der Waals surface area contributed by atoms with Crippen molar-refractivity contribution in [1.29, 1.82) is 5.41 Å². The number of nitrogens with two attached hydrogens (primary N) is 1. The van der Waals surface area contributed by atoms with Gasteiger partial charge in [0.25, 0.3) is 0 Å². The molecular weight excluding hydrogens is 254 g/mol. The molecule has 2 amide bonds. The van der Waals surface area contributed by atoms with Crippen LogP contribution in [0, 0.1) is 12.3 Å². The van der Waals surface area contributed by atoms with Crippen LogP contribution in [0.5, 0.6) is 0 Å². The number of carbonyl (C=O) groups excluding carboxylic acids is 1. The first-order valence-corrected chi connectivity index (χ1v) is 6.72. The topological polar surface area (TPSA) is 85.5 Å². The second-order valence-corrected chi connectivity index (χ2v) is 5.09. The summed E-state index contributed by atoms with van der Waals surface area (Å²) in [6.07, 6.45) is 0. The molecule has 1 aromatic carbocycles. The lowest BCUT2D eigenvalue weighted by molar-refractivity contribution is 0.158. The standard InChI is InChI=1S/C14H21N5O/c1-11-3-2-4-12(9-11)17-14(20)19-7-5-18(6-8-19)10-13(15)16/h2-4,9H,5-8,10H2,1H3,(H3,15,16)(H,17,20). The molecule has 0 unspecified atom stereocenters. The number of benzene rings is 1. The highest BCUT2D eigenvalue weighted by Crippen LogP contribution is 2.11. The van der Waals surface area contributed by atoms with Gasteiger partial charge in [0.1, 0.15) is 5.84 Å². The van der Waals surface area contributed by atoms with Gasteiger partial charge in [0.05, 0.1) is 6.54 Å². The fraction of sp³-hybridized carbons (Fsp3) is 0.429. The van der Waals surface area contributed by atoms with E-state index in [0.717, 1.165) is 24.3 Å². The molecule has 1 aliphatic rings. The second kappa shape index (κ2) is 6.38. The minimum Gasteiger partial charge on any atom is -0.387 e. The molecule has 20 heavy (non-hydrogen) atoms. The lowest BCUT2D eigenvalue weighted by atomic mass is 10.2. The minimum atomic E-state index is -0.0712. The Labute approximate surface area is 119 Å². The number of carbonyl (C=O) groups is 1. The minimum absolute atomic E-state index is 0.0712. The lowest BCUT2D eigenvalue weighted by Gasteiger charge is -2.34. The van der Waals surface area contributed by atoms with Crippen LogP contribution in [0.3, 0.4) is 0 Å². The predicted molar refractivity (Wildman–Crippen MR) is 80.1 cm³/mol. The molecule has 1 saturated heterocycles. The number of hydrogen-bond donors (Lipinski definition) is 3. The molecular formula is C14H21N5O. The Hall–Kier alpha value is -2.08. The Balaban J connectivity index is 1.84. The summed E-state index contributed by atoms with van der Waals surface area (Å²) in [4.78, 5) is 16.0. The van der Waals surface area contributed by atoms with Crippen LogP contribution in [-0.4, -0.2) is 54.4 Å². The molecule has 6 nitrogen and oxygen atoms in total. The quantitative estimate of drug-likeness (QED) is 0.570. The van der Waals surface area contributed by atoms with Crippen LogP contribution in [0.1, 0.15) is 5.56 Å². The highest BCUT2D eigenvalue weighted by molar-refractivity contribution is 5.89. The van der Waals surface area contributed by atoms with Gasteiger partial charge in [-0.3, -0.25) is 10.3 Å². The van der Waals surface area contributed by atoms with Gasteiger partial charge in [0.2, 0.25) is 0 Å². The fourth-order valence-corrected chi connectivity index (χ4v) is 2.28. The molecule has 0 atom stereocenters. The van der Waals surface area contributed by atoms with Crippen LogP contribution in [-0.2, 0) is 0 Å². The third kappa shape index (κ3) is 3.96. The third-order valence-electron chi connectivity index (χ3n) is 3.32. The number of nitrogens with one attached hydrogen (secondary N) is 2. The van der Waals surface area contributed by atoms with E-state index in [0.29, 0.717) is 19.6 Å². The maximum Gasteiger partial charge on any atom is 0.321 e. The average molecular weight is 275 g/mol. The number of amidine groups is 1. The van der Waals surface area contributed by atoms with Gasteiger partial charge < -0.3 is 16.0 Å². The number of amides is 2. The van der Waals surface area contributed by atoms with E-state index in [1.54, 1.807) is 4.90 Å². The number of anilines is 1. The summed E-state index contributed by atoms with van der Waals surface area (Å²) in [7, 11) is 0. The van der Waals surface area contributed by atoms with Crippen molar-refractivity contribution in [3.63, 3.8) is 0 Å². The molecule has 6 heteroatoms. The fourth-order valence-electron chi connectivity index (χ4n) is 2.28. The number of urea groups is 1. The van der Waals surface area contributed by atoms with Crippen molar-refractivity contribution >= 4 is 17.6 Å². The van der Waals surface area contributed by atoms with Gasteiger partial charge in [0, 0.05) is 31.9 Å². The van der Waals surface area contributed by atoms with Gasteiger partial charge in [0.15, 0.2) is 0 Å². The van der Waals surface area contributed by atoms with Gasteiger partial charge in [-0.2, -0.15) is 0 Å². The third-order valence-corrected chi connectivity index (χ3v) is 3.32. The molecule has 0 saturated carbocycles. The summed E-state index contributed by atoms with van der Waals surface area (Å²) in [6.45, 7) is 5.29. The van der Waals surface area contributed by atoms with Crippen LogP contribution >= 0.6 is 0 Å². The smallest absolute Gasteiger partial charge is 0.321 e. The molecule has 0 aliphatic carbocycles. The lowest BCUT2D eigenvalue weighted by Crippen LogP contribution is -2.51. The van der Waals surface area contributed by atoms with Crippen molar-refractivity contribution in [3.05, 3.63) is 29.8 Å². The molecule has 1 aliphatic heterocycles. The zero-order chi connectivity index (χ0) is 14.5. The van der Waals surface area contributed by atoms with Gasteiger partial charge >= 0.3 is 6.03 Å². The van der Waals surface area contributed by atoms with E-state index < -0.39 is 0 Å². The first-order chi connectivity index (χ1) is 9.54. The largest absolute Gasteiger partial charge is 0.387 e. The van der Waals surface area contributed by atoms with E-state index >= 15 is 0 Å². The first kappa shape index (κ1) is 14.3. The van der Waals surface area contributed by atoms with E-state index in [1.807, 2.05) is 31.2 Å². The molecule has 0 spiro atoms. The summed E-state index contributed by atoms with van der Waals surface area (Å²) in [5, 5.41) is 10.2. The summed E-state index contributed by atoms with van der Waals surface area (Å²) < 4.78 is 0. The normalized spacial score (nSPS) is 15.9. The van der Waals surface area contributed by atoms with Crippen molar-refractivity contribution in [3.8, 4) is 0 Å². The average Bonchev–Trinajstić information content (AvgIpc) is 2.38. The maximum absolute atomic E-state index is 12.1. The summed E-state index contributed by atoms with van der Waals surface area (Å²) in [5.74, 6) is 0.169. The molecule has 1 fully saturated rings. The highest BCUT2D eigenvalue weighted by Gasteiger charge is 2.21. The van der Waals surface area contributed by atoms with Crippen LogP contribution in [0.25, 0.3) is 0 Å². The van der Waals surface area contributed by atoms with Crippen molar-refractivity contribution in [2.75, 3.05) is 38.0 Å². The molecule has 1 heterocycles. The Morgan fingerprint density at radius 3 is 2.65 bits per heavy atom. The Bertz CT molecular complexity index is 494. The Morgan fingerprint density at radius 2 is 2.05 bits per heavy atom. The van der Waals surface area contributed by atoms with Crippen molar-refractivity contribution < 1.29 is 4.79 Å². The summed E-state index contributed by atoms with van der Waals surface area (Å²) >= 11 is 0. The van der Waals surface area contributed by atoms with Gasteiger partial charge in [-0.25, -0.2) is 4.79 Å². The molecule has 0 aromatic heterocycles. The van der Waals surface area contributed by atoms with E-state index in [-0.39, 0.29) is 11.9 Å². The van der Waals surface area contributed by atoms with Crippen LogP contribution in [0.15, 0.2) is 24.3 Å². The van der Waals surface area contributed by atoms with Gasteiger partial charge in [-0.05, 0) is 24.6 Å². The van der Waals surface area contributed by atoms with E-state index in [9.17, 15) is 4.79 Å². The van der Waals surface area contributed by atoms with Crippen LogP contribution in [0.4, 0.5) is 10.5 Å². The monoisotopic (exact) mass is 275 g/mol. The summed E-state index contributed by atoms with van der Waals surface area (Å²) in [6, 6.07) is 7.69. The van der Waals surface area contributed by atoms with E-state index in [2.05, 4.69) is 10.2 Å². The molecule has 1 aromatic rings. The number of aryl methyl sites for hydroxylation is 1. The van der Waals surface area contributed by atoms with Crippen molar-refractivity contribution in [1.82, 2.24) is 9.80 Å².